The first-order chi connectivity index (χ1) is 10.9. The fourth-order valence-corrected chi connectivity index (χ4v) is 3.06. The van der Waals surface area contributed by atoms with Gasteiger partial charge < -0.3 is 10.4 Å². The zero-order valence-corrected chi connectivity index (χ0v) is 13.9. The summed E-state index contributed by atoms with van der Waals surface area (Å²) in [6.45, 7) is 3.56. The molecular formula is C20H23NO2. The number of carbonyl (C=O) groups is 1. The van der Waals surface area contributed by atoms with Gasteiger partial charge in [-0.3, -0.25) is 4.79 Å². The average molecular weight is 309 g/mol. The average Bonchev–Trinajstić information content (AvgIpc) is 3.35. The van der Waals surface area contributed by atoms with Crippen molar-refractivity contribution in [2.45, 2.75) is 37.7 Å². The molecule has 3 heteroatoms. The quantitative estimate of drug-likeness (QED) is 0.910. The lowest BCUT2D eigenvalue weighted by Crippen LogP contribution is -2.31. The SMILES string of the molecule is CNC(=O)C1(c2ccc(-c3ccc(C(C)(C)O)cc3)cc2)CC1. The van der Waals surface area contributed by atoms with Crippen LogP contribution >= 0.6 is 0 Å². The lowest BCUT2D eigenvalue weighted by atomic mass is 9.92. The first kappa shape index (κ1) is 15.8. The molecule has 3 rings (SSSR count). The van der Waals surface area contributed by atoms with Crippen LogP contribution < -0.4 is 5.32 Å². The van der Waals surface area contributed by atoms with Crippen LogP contribution in [0.3, 0.4) is 0 Å². The Hall–Kier alpha value is -2.13. The molecule has 0 saturated heterocycles. The van der Waals surface area contributed by atoms with E-state index in [0.717, 1.165) is 35.1 Å². The van der Waals surface area contributed by atoms with Crippen molar-refractivity contribution in [3.8, 4) is 11.1 Å². The zero-order chi connectivity index (χ0) is 16.7. The third kappa shape index (κ3) is 2.89. The van der Waals surface area contributed by atoms with Gasteiger partial charge in [0.2, 0.25) is 5.91 Å². The van der Waals surface area contributed by atoms with Crippen molar-refractivity contribution in [1.82, 2.24) is 5.32 Å². The summed E-state index contributed by atoms with van der Waals surface area (Å²) in [6, 6.07) is 16.2. The summed E-state index contributed by atoms with van der Waals surface area (Å²) in [7, 11) is 1.70. The summed E-state index contributed by atoms with van der Waals surface area (Å²) < 4.78 is 0. The van der Waals surface area contributed by atoms with E-state index in [1.807, 2.05) is 24.3 Å². The first-order valence-electron chi connectivity index (χ1n) is 8.03. The van der Waals surface area contributed by atoms with Crippen LogP contribution in [0.4, 0.5) is 0 Å². The largest absolute Gasteiger partial charge is 0.386 e. The highest BCUT2D eigenvalue weighted by molar-refractivity contribution is 5.91. The lowest BCUT2D eigenvalue weighted by Gasteiger charge is -2.18. The minimum absolute atomic E-state index is 0.111. The Morgan fingerprint density at radius 2 is 1.48 bits per heavy atom. The second-order valence-corrected chi connectivity index (χ2v) is 6.87. The summed E-state index contributed by atoms with van der Waals surface area (Å²) in [5, 5.41) is 12.8. The molecule has 2 aromatic carbocycles. The van der Waals surface area contributed by atoms with Crippen LogP contribution in [0.5, 0.6) is 0 Å². The Balaban J connectivity index is 1.84. The van der Waals surface area contributed by atoms with Crippen molar-refractivity contribution in [3.63, 3.8) is 0 Å². The van der Waals surface area contributed by atoms with E-state index >= 15 is 0 Å². The van der Waals surface area contributed by atoms with Gasteiger partial charge in [0, 0.05) is 7.05 Å². The Kier molecular flexibility index (Phi) is 3.77. The molecule has 23 heavy (non-hydrogen) atoms. The minimum Gasteiger partial charge on any atom is -0.386 e. The van der Waals surface area contributed by atoms with E-state index in [1.165, 1.54) is 0 Å². The minimum atomic E-state index is -0.825. The Labute approximate surface area is 137 Å². The van der Waals surface area contributed by atoms with E-state index in [2.05, 4.69) is 29.6 Å². The molecule has 0 atom stereocenters. The van der Waals surface area contributed by atoms with Gasteiger partial charge in [-0.1, -0.05) is 48.5 Å². The maximum absolute atomic E-state index is 12.0. The molecule has 120 valence electrons. The molecule has 0 bridgehead atoms. The highest BCUT2D eigenvalue weighted by atomic mass is 16.3. The van der Waals surface area contributed by atoms with E-state index in [4.69, 9.17) is 0 Å². The topological polar surface area (TPSA) is 49.3 Å². The predicted octanol–water partition coefficient (Wildman–Crippen LogP) is 3.36. The predicted molar refractivity (Wildman–Crippen MR) is 92.1 cm³/mol. The summed E-state index contributed by atoms with van der Waals surface area (Å²) in [5.74, 6) is 0.111. The van der Waals surface area contributed by atoms with Crippen molar-refractivity contribution >= 4 is 5.91 Å². The number of hydrogen-bond donors (Lipinski definition) is 2. The molecule has 0 aliphatic heterocycles. The zero-order valence-electron chi connectivity index (χ0n) is 13.9. The van der Waals surface area contributed by atoms with Gasteiger partial charge in [0.05, 0.1) is 11.0 Å². The third-order valence-corrected chi connectivity index (χ3v) is 4.77. The fourth-order valence-electron chi connectivity index (χ4n) is 3.06. The number of aliphatic hydroxyl groups is 1. The summed E-state index contributed by atoms with van der Waals surface area (Å²) >= 11 is 0. The van der Waals surface area contributed by atoms with E-state index in [-0.39, 0.29) is 11.3 Å². The normalized spacial score (nSPS) is 16.0. The Morgan fingerprint density at radius 1 is 1.00 bits per heavy atom. The van der Waals surface area contributed by atoms with Crippen molar-refractivity contribution in [1.29, 1.82) is 0 Å². The van der Waals surface area contributed by atoms with Crippen LogP contribution in [0.25, 0.3) is 11.1 Å². The number of benzene rings is 2. The van der Waals surface area contributed by atoms with Gasteiger partial charge in [-0.05, 0) is 48.9 Å². The van der Waals surface area contributed by atoms with E-state index in [9.17, 15) is 9.90 Å². The van der Waals surface area contributed by atoms with Crippen LogP contribution in [-0.4, -0.2) is 18.1 Å². The maximum Gasteiger partial charge on any atom is 0.230 e. The summed E-state index contributed by atoms with van der Waals surface area (Å²) in [6.07, 6.45) is 1.85. The van der Waals surface area contributed by atoms with Gasteiger partial charge >= 0.3 is 0 Å². The molecule has 2 N–H and O–H groups in total. The summed E-state index contributed by atoms with van der Waals surface area (Å²) in [4.78, 5) is 12.0. The van der Waals surface area contributed by atoms with Gasteiger partial charge in [0.25, 0.3) is 0 Å². The smallest absolute Gasteiger partial charge is 0.230 e. The molecule has 1 saturated carbocycles. The molecule has 3 nitrogen and oxygen atoms in total. The molecule has 0 aromatic heterocycles. The monoisotopic (exact) mass is 309 g/mol. The van der Waals surface area contributed by atoms with E-state index in [0.29, 0.717) is 0 Å². The molecule has 0 spiro atoms. The van der Waals surface area contributed by atoms with Crippen molar-refractivity contribution in [2.24, 2.45) is 0 Å². The van der Waals surface area contributed by atoms with Crippen LogP contribution in [0, 0.1) is 0 Å². The summed E-state index contributed by atoms with van der Waals surface area (Å²) in [5.41, 5.74) is 3.08. The molecule has 1 fully saturated rings. The van der Waals surface area contributed by atoms with Crippen molar-refractivity contribution in [2.75, 3.05) is 7.05 Å². The van der Waals surface area contributed by atoms with Gasteiger partial charge in [0.15, 0.2) is 0 Å². The van der Waals surface area contributed by atoms with Gasteiger partial charge in [0.1, 0.15) is 0 Å². The molecular weight excluding hydrogens is 286 g/mol. The van der Waals surface area contributed by atoms with Crippen LogP contribution in [0.15, 0.2) is 48.5 Å². The van der Waals surface area contributed by atoms with Gasteiger partial charge in [-0.2, -0.15) is 0 Å². The number of carbonyl (C=O) groups excluding carboxylic acids is 1. The second-order valence-electron chi connectivity index (χ2n) is 6.87. The van der Waals surface area contributed by atoms with E-state index < -0.39 is 5.60 Å². The third-order valence-electron chi connectivity index (χ3n) is 4.77. The Morgan fingerprint density at radius 3 is 1.87 bits per heavy atom. The van der Waals surface area contributed by atoms with Gasteiger partial charge in [-0.25, -0.2) is 0 Å². The first-order valence-corrected chi connectivity index (χ1v) is 8.03. The van der Waals surface area contributed by atoms with Crippen LogP contribution in [0.1, 0.15) is 37.8 Å². The lowest BCUT2D eigenvalue weighted by molar-refractivity contribution is -0.123. The molecule has 1 aliphatic rings. The molecule has 0 unspecified atom stereocenters. The van der Waals surface area contributed by atoms with E-state index in [1.54, 1.807) is 20.9 Å². The standard InChI is InChI=1S/C20H23NO2/c1-19(2,23)16-8-4-14(5-9-16)15-6-10-17(11-7-15)20(12-13-20)18(22)21-3/h4-11,23H,12-13H2,1-3H3,(H,21,22). The fraction of sp³-hybridized carbons (Fsp3) is 0.350. The van der Waals surface area contributed by atoms with Crippen LogP contribution in [0.2, 0.25) is 0 Å². The molecule has 0 heterocycles. The highest BCUT2D eigenvalue weighted by Crippen LogP contribution is 2.48. The maximum atomic E-state index is 12.0. The number of nitrogens with one attached hydrogen (secondary N) is 1. The molecule has 2 aromatic rings. The number of amides is 1. The number of likely N-dealkylation sites (N-methyl/N-ethyl adjacent to an activating group) is 1. The van der Waals surface area contributed by atoms with Crippen molar-refractivity contribution < 1.29 is 9.90 Å². The Bertz CT molecular complexity index is 705. The number of rotatable bonds is 4. The van der Waals surface area contributed by atoms with Gasteiger partial charge in [-0.15, -0.1) is 0 Å². The van der Waals surface area contributed by atoms with Crippen LogP contribution in [-0.2, 0) is 15.8 Å². The van der Waals surface area contributed by atoms with Crippen molar-refractivity contribution in [3.05, 3.63) is 59.7 Å². The molecule has 1 amide bonds. The second kappa shape index (κ2) is 5.50. The number of hydrogen-bond acceptors (Lipinski definition) is 2. The molecule has 0 radical (unpaired) electrons. The highest BCUT2D eigenvalue weighted by Gasteiger charge is 2.50. The molecule has 1 aliphatic carbocycles.